The van der Waals surface area contributed by atoms with E-state index < -0.39 is 11.5 Å². The summed E-state index contributed by atoms with van der Waals surface area (Å²) in [6.45, 7) is 4.05. The predicted octanol–water partition coefficient (Wildman–Crippen LogP) is 1.84. The van der Waals surface area contributed by atoms with Crippen molar-refractivity contribution in [2.75, 3.05) is 26.3 Å². The zero-order valence-electron chi connectivity index (χ0n) is 12.8. The first kappa shape index (κ1) is 16.1. The highest BCUT2D eigenvalue weighted by atomic mass is 16.5. The van der Waals surface area contributed by atoms with Gasteiger partial charge in [0.15, 0.2) is 5.54 Å². The summed E-state index contributed by atoms with van der Waals surface area (Å²) in [6, 6.07) is -0.264. The Hall–Kier alpha value is -1.30. The van der Waals surface area contributed by atoms with Gasteiger partial charge in [-0.1, -0.05) is 19.8 Å². The van der Waals surface area contributed by atoms with E-state index in [0.717, 1.165) is 19.3 Å². The van der Waals surface area contributed by atoms with E-state index in [-0.39, 0.29) is 12.6 Å². The van der Waals surface area contributed by atoms with E-state index in [2.05, 4.69) is 12.2 Å². The normalized spacial score (nSPS) is 30.0. The second-order valence-electron chi connectivity index (χ2n) is 6.19. The molecule has 2 atom stereocenters. The molecule has 120 valence electrons. The van der Waals surface area contributed by atoms with Crippen molar-refractivity contribution < 1.29 is 19.4 Å². The molecule has 0 aromatic carbocycles. The third kappa shape index (κ3) is 3.87. The molecule has 6 nitrogen and oxygen atoms in total. The summed E-state index contributed by atoms with van der Waals surface area (Å²) in [4.78, 5) is 25.6. The Bertz CT molecular complexity index is 380. The fourth-order valence-electron chi connectivity index (χ4n) is 3.23. The Balaban J connectivity index is 1.92. The van der Waals surface area contributed by atoms with Gasteiger partial charge < -0.3 is 20.1 Å². The van der Waals surface area contributed by atoms with Crippen LogP contribution in [0.15, 0.2) is 0 Å². The molecule has 0 aromatic heterocycles. The van der Waals surface area contributed by atoms with E-state index in [1.54, 1.807) is 4.90 Å². The van der Waals surface area contributed by atoms with E-state index in [4.69, 9.17) is 4.74 Å². The molecular formula is C15H26N2O4. The summed E-state index contributed by atoms with van der Waals surface area (Å²) in [5.74, 6) is -0.317. The molecular weight excluding hydrogens is 272 g/mol. The molecule has 6 heteroatoms. The molecule has 0 bridgehead atoms. The summed E-state index contributed by atoms with van der Waals surface area (Å²) >= 11 is 0. The first-order chi connectivity index (χ1) is 10.1. The number of amides is 2. The van der Waals surface area contributed by atoms with E-state index in [9.17, 15) is 14.7 Å². The van der Waals surface area contributed by atoms with Gasteiger partial charge in [0.25, 0.3) is 0 Å². The van der Waals surface area contributed by atoms with Gasteiger partial charge in [-0.25, -0.2) is 9.59 Å². The molecule has 0 spiro atoms. The number of aliphatic carboxylic acids is 1. The number of ether oxygens (including phenoxy) is 1. The maximum atomic E-state index is 12.4. The maximum absolute atomic E-state index is 12.4. The van der Waals surface area contributed by atoms with Crippen molar-refractivity contribution in [3.8, 4) is 0 Å². The van der Waals surface area contributed by atoms with Crippen molar-refractivity contribution in [2.45, 2.75) is 51.0 Å². The Morgan fingerprint density at radius 3 is 2.81 bits per heavy atom. The van der Waals surface area contributed by atoms with Crippen molar-refractivity contribution in [1.82, 2.24) is 10.2 Å². The average molecular weight is 298 g/mol. The first-order valence-electron chi connectivity index (χ1n) is 7.95. The van der Waals surface area contributed by atoms with Gasteiger partial charge in [0.05, 0.1) is 6.61 Å². The average Bonchev–Trinajstić information content (AvgIpc) is 2.79. The van der Waals surface area contributed by atoms with Crippen LogP contribution in [0.2, 0.25) is 0 Å². The van der Waals surface area contributed by atoms with E-state index in [0.29, 0.717) is 32.0 Å². The fourth-order valence-corrected chi connectivity index (χ4v) is 3.23. The van der Waals surface area contributed by atoms with Crippen molar-refractivity contribution in [1.29, 1.82) is 0 Å². The van der Waals surface area contributed by atoms with Crippen LogP contribution in [-0.2, 0) is 9.53 Å². The van der Waals surface area contributed by atoms with Crippen LogP contribution in [0.3, 0.4) is 0 Å². The van der Waals surface area contributed by atoms with Crippen LogP contribution in [0, 0.1) is 5.92 Å². The van der Waals surface area contributed by atoms with E-state index in [1.165, 1.54) is 12.8 Å². The molecule has 2 unspecified atom stereocenters. The Kier molecular flexibility index (Phi) is 5.45. The van der Waals surface area contributed by atoms with Crippen molar-refractivity contribution in [3.05, 3.63) is 0 Å². The van der Waals surface area contributed by atoms with Crippen LogP contribution < -0.4 is 5.32 Å². The Labute approximate surface area is 125 Å². The molecule has 0 radical (unpaired) electrons. The molecule has 2 fully saturated rings. The van der Waals surface area contributed by atoms with Gasteiger partial charge in [0.2, 0.25) is 0 Å². The molecule has 2 saturated heterocycles. The molecule has 0 saturated carbocycles. The van der Waals surface area contributed by atoms with Gasteiger partial charge in [0, 0.05) is 26.1 Å². The monoisotopic (exact) mass is 298 g/mol. The van der Waals surface area contributed by atoms with Crippen LogP contribution in [-0.4, -0.2) is 53.8 Å². The minimum atomic E-state index is -1.24. The van der Waals surface area contributed by atoms with Crippen molar-refractivity contribution >= 4 is 12.0 Å². The zero-order valence-corrected chi connectivity index (χ0v) is 12.8. The molecule has 21 heavy (non-hydrogen) atoms. The van der Waals surface area contributed by atoms with Crippen molar-refractivity contribution in [3.63, 3.8) is 0 Å². The lowest BCUT2D eigenvalue weighted by molar-refractivity contribution is -0.144. The number of carboxylic acids is 1. The quantitative estimate of drug-likeness (QED) is 0.830. The van der Waals surface area contributed by atoms with Crippen LogP contribution in [0.1, 0.15) is 45.4 Å². The maximum Gasteiger partial charge on any atom is 0.332 e. The van der Waals surface area contributed by atoms with Crippen LogP contribution in [0.4, 0.5) is 4.79 Å². The van der Waals surface area contributed by atoms with E-state index in [1.807, 2.05) is 0 Å². The lowest BCUT2D eigenvalue weighted by atomic mass is 9.96. The second-order valence-corrected chi connectivity index (χ2v) is 6.19. The number of carbonyl (C=O) groups excluding carboxylic acids is 1. The number of rotatable bonds is 4. The number of likely N-dealkylation sites (tertiary alicyclic amines) is 1. The topological polar surface area (TPSA) is 78.9 Å². The summed E-state index contributed by atoms with van der Waals surface area (Å²) < 4.78 is 5.17. The number of carboxylic acid groups (broad SMARTS) is 1. The summed E-state index contributed by atoms with van der Waals surface area (Å²) in [6.07, 6.45) is 5.89. The second kappa shape index (κ2) is 7.11. The fraction of sp³-hybridized carbons (Fsp3) is 0.867. The van der Waals surface area contributed by atoms with Gasteiger partial charge in [-0.05, 0) is 25.2 Å². The molecule has 2 amide bonds. The van der Waals surface area contributed by atoms with Gasteiger partial charge in [-0.2, -0.15) is 0 Å². The number of nitrogens with one attached hydrogen (secondary N) is 1. The lowest BCUT2D eigenvalue weighted by Crippen LogP contribution is -2.58. The molecule has 2 aliphatic heterocycles. The van der Waals surface area contributed by atoms with Gasteiger partial charge >= 0.3 is 12.0 Å². The SMILES string of the molecule is CCCC1CCCN(C(=O)NC2(C(=O)O)CCOC2)CC1. The number of urea groups is 1. The summed E-state index contributed by atoms with van der Waals surface area (Å²) in [5.41, 5.74) is -1.24. The summed E-state index contributed by atoms with van der Waals surface area (Å²) in [5, 5.41) is 12.1. The highest BCUT2D eigenvalue weighted by Crippen LogP contribution is 2.23. The largest absolute Gasteiger partial charge is 0.479 e. The highest BCUT2D eigenvalue weighted by molar-refractivity contribution is 5.86. The number of hydrogen-bond donors (Lipinski definition) is 2. The van der Waals surface area contributed by atoms with Gasteiger partial charge in [0.1, 0.15) is 0 Å². The third-order valence-electron chi connectivity index (χ3n) is 4.61. The zero-order chi connectivity index (χ0) is 15.3. The van der Waals surface area contributed by atoms with Crippen LogP contribution in [0.25, 0.3) is 0 Å². The third-order valence-corrected chi connectivity index (χ3v) is 4.61. The smallest absolute Gasteiger partial charge is 0.332 e. The predicted molar refractivity (Wildman–Crippen MR) is 78.2 cm³/mol. The first-order valence-corrected chi connectivity index (χ1v) is 7.95. The lowest BCUT2D eigenvalue weighted by Gasteiger charge is -2.28. The molecule has 2 aliphatic rings. The number of carbonyl (C=O) groups is 2. The highest BCUT2D eigenvalue weighted by Gasteiger charge is 2.44. The molecule has 2 heterocycles. The van der Waals surface area contributed by atoms with Crippen LogP contribution >= 0.6 is 0 Å². The Morgan fingerprint density at radius 1 is 1.38 bits per heavy atom. The van der Waals surface area contributed by atoms with Gasteiger partial charge in [-0.15, -0.1) is 0 Å². The molecule has 2 N–H and O–H groups in total. The van der Waals surface area contributed by atoms with Crippen LogP contribution in [0.5, 0.6) is 0 Å². The number of nitrogens with zero attached hydrogens (tertiary/aromatic N) is 1. The van der Waals surface area contributed by atoms with Gasteiger partial charge in [-0.3, -0.25) is 0 Å². The number of hydrogen-bond acceptors (Lipinski definition) is 3. The molecule has 0 aliphatic carbocycles. The standard InChI is InChI=1S/C15H26N2O4/c1-2-4-12-5-3-8-17(9-6-12)14(20)16-15(13(18)19)7-10-21-11-15/h12H,2-11H2,1H3,(H,16,20)(H,18,19). The Morgan fingerprint density at radius 2 is 2.19 bits per heavy atom. The molecule has 2 rings (SSSR count). The summed E-state index contributed by atoms with van der Waals surface area (Å²) in [7, 11) is 0. The van der Waals surface area contributed by atoms with E-state index >= 15 is 0 Å². The minimum Gasteiger partial charge on any atom is -0.479 e. The minimum absolute atomic E-state index is 0.0559. The molecule has 0 aromatic rings. The van der Waals surface area contributed by atoms with Crippen molar-refractivity contribution in [2.24, 2.45) is 5.92 Å².